The van der Waals surface area contributed by atoms with Crippen LogP contribution in [0.3, 0.4) is 0 Å². The van der Waals surface area contributed by atoms with Crippen molar-refractivity contribution in [2.45, 2.75) is 6.42 Å². The summed E-state index contributed by atoms with van der Waals surface area (Å²) in [7, 11) is 2.82. The minimum Gasteiger partial charge on any atom is -0.468 e. The molecule has 0 unspecified atom stereocenters. The molecule has 0 bridgehead atoms. The lowest BCUT2D eigenvalue weighted by Crippen LogP contribution is -2.33. The van der Waals surface area contributed by atoms with Crippen molar-refractivity contribution in [2.24, 2.45) is 0 Å². The quantitative estimate of drug-likeness (QED) is 0.746. The highest BCUT2D eigenvalue weighted by Gasteiger charge is 2.14. The van der Waals surface area contributed by atoms with Gasteiger partial charge >= 0.3 is 5.97 Å². The van der Waals surface area contributed by atoms with Gasteiger partial charge in [0.1, 0.15) is 6.54 Å². The summed E-state index contributed by atoms with van der Waals surface area (Å²) in [5.41, 5.74) is 6.06. The van der Waals surface area contributed by atoms with Gasteiger partial charge < -0.3 is 15.4 Å². The van der Waals surface area contributed by atoms with E-state index in [1.165, 1.54) is 30.4 Å². The molecule has 6 nitrogen and oxygen atoms in total. The Morgan fingerprint density at radius 2 is 2.31 bits per heavy atom. The number of likely N-dealkylation sites (N-methyl/N-ethyl adjacent to an activating group) is 1. The average Bonchev–Trinajstić information content (AvgIpc) is 2.63. The molecule has 88 valence electrons. The molecule has 0 saturated carbocycles. The number of anilines is 1. The highest BCUT2D eigenvalue weighted by molar-refractivity contribution is 7.13. The summed E-state index contributed by atoms with van der Waals surface area (Å²) in [6.07, 6.45) is 0.140. The number of hydrogen-bond donors (Lipinski definition) is 1. The first kappa shape index (κ1) is 12.4. The monoisotopic (exact) mass is 243 g/mol. The van der Waals surface area contributed by atoms with Crippen LogP contribution in [-0.4, -0.2) is 42.5 Å². The van der Waals surface area contributed by atoms with Gasteiger partial charge in [0.25, 0.3) is 0 Å². The van der Waals surface area contributed by atoms with E-state index in [2.05, 4.69) is 9.72 Å². The van der Waals surface area contributed by atoms with E-state index in [1.807, 2.05) is 0 Å². The fourth-order valence-electron chi connectivity index (χ4n) is 1.04. The topological polar surface area (TPSA) is 85.5 Å². The van der Waals surface area contributed by atoms with Crippen molar-refractivity contribution >= 4 is 28.3 Å². The van der Waals surface area contributed by atoms with E-state index in [1.54, 1.807) is 5.38 Å². The zero-order valence-electron chi connectivity index (χ0n) is 9.10. The average molecular weight is 243 g/mol. The molecule has 2 N–H and O–H groups in total. The number of hydrogen-bond acceptors (Lipinski definition) is 6. The molecule has 1 aromatic rings. The number of nitrogen functional groups attached to an aromatic ring is 1. The smallest absolute Gasteiger partial charge is 0.325 e. The van der Waals surface area contributed by atoms with Crippen LogP contribution < -0.4 is 5.73 Å². The number of carbonyl (C=O) groups excluding carboxylic acids is 2. The SMILES string of the molecule is COC(=O)CN(C)C(=O)Cc1csc(N)n1. The van der Waals surface area contributed by atoms with Crippen LogP contribution in [0.25, 0.3) is 0 Å². The number of nitrogens with two attached hydrogens (primary N) is 1. The van der Waals surface area contributed by atoms with Crippen molar-refractivity contribution in [3.63, 3.8) is 0 Å². The Kier molecular flexibility index (Phi) is 4.24. The molecule has 0 aliphatic rings. The number of aromatic nitrogens is 1. The fraction of sp³-hybridized carbons (Fsp3) is 0.444. The molecule has 16 heavy (non-hydrogen) atoms. The van der Waals surface area contributed by atoms with Crippen LogP contribution in [0.2, 0.25) is 0 Å². The number of nitrogens with zero attached hydrogens (tertiary/aromatic N) is 2. The van der Waals surface area contributed by atoms with Crippen molar-refractivity contribution in [1.82, 2.24) is 9.88 Å². The summed E-state index contributed by atoms with van der Waals surface area (Å²) >= 11 is 1.28. The van der Waals surface area contributed by atoms with E-state index >= 15 is 0 Å². The van der Waals surface area contributed by atoms with Crippen molar-refractivity contribution in [3.8, 4) is 0 Å². The van der Waals surface area contributed by atoms with Gasteiger partial charge in [0.05, 0.1) is 19.2 Å². The second-order valence-corrected chi connectivity index (χ2v) is 4.07. The molecule has 0 fully saturated rings. The molecule has 0 atom stereocenters. The van der Waals surface area contributed by atoms with Gasteiger partial charge in [-0.25, -0.2) is 4.98 Å². The summed E-state index contributed by atoms with van der Waals surface area (Å²) in [5.74, 6) is -0.649. The van der Waals surface area contributed by atoms with Gasteiger partial charge in [-0.15, -0.1) is 11.3 Å². The third kappa shape index (κ3) is 3.50. The first-order valence-corrected chi connectivity index (χ1v) is 5.41. The summed E-state index contributed by atoms with van der Waals surface area (Å²) in [6, 6.07) is 0. The highest BCUT2D eigenvalue weighted by Crippen LogP contribution is 2.11. The second kappa shape index (κ2) is 5.45. The van der Waals surface area contributed by atoms with Gasteiger partial charge in [-0.1, -0.05) is 0 Å². The molecule has 0 aromatic carbocycles. The minimum absolute atomic E-state index is 0.0606. The van der Waals surface area contributed by atoms with Crippen LogP contribution in [0.4, 0.5) is 5.13 Å². The Balaban J connectivity index is 2.49. The molecule has 0 aliphatic carbocycles. The summed E-state index contributed by atoms with van der Waals surface area (Å²) in [4.78, 5) is 27.8. The number of thiazole rings is 1. The van der Waals surface area contributed by atoms with Crippen LogP contribution in [0, 0.1) is 0 Å². The van der Waals surface area contributed by atoms with Gasteiger partial charge in [0, 0.05) is 12.4 Å². The van der Waals surface area contributed by atoms with Gasteiger partial charge in [-0.05, 0) is 0 Å². The van der Waals surface area contributed by atoms with Gasteiger partial charge in [-0.2, -0.15) is 0 Å². The number of amides is 1. The standard InChI is InChI=1S/C9H13N3O3S/c1-12(4-8(14)15-2)7(13)3-6-5-16-9(10)11-6/h5H,3-4H2,1-2H3,(H2,10,11). The van der Waals surface area contributed by atoms with Crippen LogP contribution in [0.1, 0.15) is 5.69 Å². The Bertz CT molecular complexity index is 391. The molecule has 0 saturated heterocycles. The molecule has 0 aliphatic heterocycles. The van der Waals surface area contributed by atoms with Crippen LogP contribution in [0.5, 0.6) is 0 Å². The lowest BCUT2D eigenvalue weighted by molar-refractivity contribution is -0.145. The number of carbonyl (C=O) groups is 2. The van der Waals surface area contributed by atoms with E-state index in [4.69, 9.17) is 5.73 Å². The number of methoxy groups -OCH3 is 1. The predicted molar refractivity (Wildman–Crippen MR) is 59.9 cm³/mol. The largest absolute Gasteiger partial charge is 0.468 e. The molecule has 0 radical (unpaired) electrons. The van der Waals surface area contributed by atoms with Crippen LogP contribution >= 0.6 is 11.3 Å². The predicted octanol–water partition coefficient (Wildman–Crippen LogP) is -0.101. The van der Waals surface area contributed by atoms with E-state index in [9.17, 15) is 9.59 Å². The summed E-state index contributed by atoms with van der Waals surface area (Å²) < 4.78 is 4.46. The Morgan fingerprint density at radius 1 is 1.62 bits per heavy atom. The number of rotatable bonds is 4. The number of ether oxygens (including phenoxy) is 1. The van der Waals surface area contributed by atoms with Crippen molar-refractivity contribution < 1.29 is 14.3 Å². The van der Waals surface area contributed by atoms with Gasteiger partial charge in [0.2, 0.25) is 5.91 Å². The Hall–Kier alpha value is -1.63. The van der Waals surface area contributed by atoms with E-state index in [-0.39, 0.29) is 18.9 Å². The van der Waals surface area contributed by atoms with Crippen molar-refractivity contribution in [3.05, 3.63) is 11.1 Å². The van der Waals surface area contributed by atoms with Gasteiger partial charge in [0.15, 0.2) is 5.13 Å². The maximum absolute atomic E-state index is 11.6. The minimum atomic E-state index is -0.450. The van der Waals surface area contributed by atoms with E-state index in [0.29, 0.717) is 10.8 Å². The molecule has 1 heterocycles. The van der Waals surface area contributed by atoms with Crippen LogP contribution in [-0.2, 0) is 20.7 Å². The molecule has 1 rings (SSSR count). The van der Waals surface area contributed by atoms with Crippen LogP contribution in [0.15, 0.2) is 5.38 Å². The fourth-order valence-corrected chi connectivity index (χ4v) is 1.60. The summed E-state index contributed by atoms with van der Waals surface area (Å²) in [6.45, 7) is -0.0606. The van der Waals surface area contributed by atoms with Gasteiger partial charge in [-0.3, -0.25) is 9.59 Å². The molecular weight excluding hydrogens is 230 g/mol. The molecule has 1 amide bonds. The first-order valence-electron chi connectivity index (χ1n) is 4.53. The molecule has 1 aromatic heterocycles. The zero-order valence-corrected chi connectivity index (χ0v) is 9.91. The highest BCUT2D eigenvalue weighted by atomic mass is 32.1. The third-order valence-corrected chi connectivity index (χ3v) is 2.64. The van der Waals surface area contributed by atoms with Crippen molar-refractivity contribution in [1.29, 1.82) is 0 Å². The maximum Gasteiger partial charge on any atom is 0.325 e. The second-order valence-electron chi connectivity index (χ2n) is 3.18. The zero-order chi connectivity index (χ0) is 12.1. The summed E-state index contributed by atoms with van der Waals surface area (Å²) in [5, 5.41) is 2.15. The Labute approximate surface area is 97.0 Å². The lowest BCUT2D eigenvalue weighted by Gasteiger charge is -2.14. The third-order valence-electron chi connectivity index (χ3n) is 1.92. The van der Waals surface area contributed by atoms with Crippen molar-refractivity contribution in [2.75, 3.05) is 26.4 Å². The lowest BCUT2D eigenvalue weighted by atomic mass is 10.3. The molecule has 7 heteroatoms. The first-order chi connectivity index (χ1) is 7.52. The molecule has 0 spiro atoms. The van der Waals surface area contributed by atoms with E-state index in [0.717, 1.165) is 0 Å². The maximum atomic E-state index is 11.6. The molecular formula is C9H13N3O3S. The van der Waals surface area contributed by atoms with E-state index < -0.39 is 5.97 Å². The number of esters is 1. The normalized spacial score (nSPS) is 9.88. The Morgan fingerprint density at radius 3 is 2.81 bits per heavy atom.